The molecule has 1 aromatic carbocycles. The van der Waals surface area contributed by atoms with E-state index < -0.39 is 0 Å². The third-order valence-electron chi connectivity index (χ3n) is 3.27. The maximum atomic E-state index is 5.91. The molecule has 98 valence electrons. The molecule has 0 aromatic heterocycles. The molecule has 0 spiro atoms. The number of hydrogen-bond donors (Lipinski definition) is 1. The quantitative estimate of drug-likeness (QED) is 0.849. The van der Waals surface area contributed by atoms with Crippen molar-refractivity contribution in [1.29, 1.82) is 0 Å². The van der Waals surface area contributed by atoms with Gasteiger partial charge < -0.3 is 15.2 Å². The molecule has 1 aliphatic rings. The summed E-state index contributed by atoms with van der Waals surface area (Å²) >= 11 is 4.96. The van der Waals surface area contributed by atoms with Gasteiger partial charge in [0.25, 0.3) is 0 Å². The minimum Gasteiger partial charge on any atom is -0.389 e. The molecule has 3 nitrogen and oxygen atoms in total. The van der Waals surface area contributed by atoms with Gasteiger partial charge in [0.05, 0.1) is 12.7 Å². The lowest BCUT2D eigenvalue weighted by Gasteiger charge is -2.22. The van der Waals surface area contributed by atoms with Crippen molar-refractivity contribution in [2.45, 2.75) is 32.5 Å². The SMILES string of the molecule is Cc1cc(C(N)=S)ccc1COC1CCOCC1. The molecular formula is C14H19NO2S. The summed E-state index contributed by atoms with van der Waals surface area (Å²) in [5, 5.41) is 0. The summed E-state index contributed by atoms with van der Waals surface area (Å²) < 4.78 is 11.2. The number of thiocarbonyl (C=S) groups is 1. The lowest BCUT2D eigenvalue weighted by atomic mass is 10.1. The Morgan fingerprint density at radius 3 is 2.78 bits per heavy atom. The van der Waals surface area contributed by atoms with Gasteiger partial charge in [-0.2, -0.15) is 0 Å². The van der Waals surface area contributed by atoms with Crippen LogP contribution in [0.5, 0.6) is 0 Å². The molecule has 0 bridgehead atoms. The first-order valence-corrected chi connectivity index (χ1v) is 6.66. The van der Waals surface area contributed by atoms with Crippen molar-refractivity contribution in [2.75, 3.05) is 13.2 Å². The van der Waals surface area contributed by atoms with Gasteiger partial charge in [-0.05, 0) is 37.0 Å². The van der Waals surface area contributed by atoms with E-state index in [1.165, 1.54) is 11.1 Å². The van der Waals surface area contributed by atoms with E-state index in [-0.39, 0.29) is 0 Å². The molecule has 0 radical (unpaired) electrons. The van der Waals surface area contributed by atoms with Gasteiger partial charge in [-0.3, -0.25) is 0 Å². The van der Waals surface area contributed by atoms with Crippen molar-refractivity contribution in [3.05, 3.63) is 34.9 Å². The highest BCUT2D eigenvalue weighted by Gasteiger charge is 2.14. The van der Waals surface area contributed by atoms with Crippen molar-refractivity contribution < 1.29 is 9.47 Å². The second kappa shape index (κ2) is 6.27. The van der Waals surface area contributed by atoms with Crippen LogP contribution >= 0.6 is 12.2 Å². The first kappa shape index (κ1) is 13.5. The molecule has 0 unspecified atom stereocenters. The van der Waals surface area contributed by atoms with Crippen LogP contribution in [0.2, 0.25) is 0 Å². The summed E-state index contributed by atoms with van der Waals surface area (Å²) in [6.07, 6.45) is 2.31. The number of hydrogen-bond acceptors (Lipinski definition) is 3. The predicted octanol–water partition coefficient (Wildman–Crippen LogP) is 2.32. The van der Waals surface area contributed by atoms with Crippen LogP contribution in [0, 0.1) is 6.92 Å². The van der Waals surface area contributed by atoms with Crippen molar-refractivity contribution in [1.82, 2.24) is 0 Å². The largest absolute Gasteiger partial charge is 0.389 e. The molecule has 1 saturated heterocycles. The molecule has 2 rings (SSSR count). The smallest absolute Gasteiger partial charge is 0.103 e. The van der Waals surface area contributed by atoms with E-state index in [0.29, 0.717) is 17.7 Å². The van der Waals surface area contributed by atoms with Crippen LogP contribution in [0.1, 0.15) is 29.5 Å². The fraction of sp³-hybridized carbons (Fsp3) is 0.500. The average molecular weight is 265 g/mol. The molecule has 18 heavy (non-hydrogen) atoms. The zero-order chi connectivity index (χ0) is 13.0. The van der Waals surface area contributed by atoms with E-state index in [9.17, 15) is 0 Å². The van der Waals surface area contributed by atoms with Crippen molar-refractivity contribution >= 4 is 17.2 Å². The van der Waals surface area contributed by atoms with Crippen molar-refractivity contribution in [3.8, 4) is 0 Å². The first-order valence-electron chi connectivity index (χ1n) is 6.25. The highest BCUT2D eigenvalue weighted by atomic mass is 32.1. The fourth-order valence-electron chi connectivity index (χ4n) is 2.06. The molecule has 0 atom stereocenters. The Morgan fingerprint density at radius 2 is 2.17 bits per heavy atom. The molecule has 0 aliphatic carbocycles. The van der Waals surface area contributed by atoms with Gasteiger partial charge >= 0.3 is 0 Å². The first-order chi connectivity index (χ1) is 8.66. The monoisotopic (exact) mass is 265 g/mol. The van der Waals surface area contributed by atoms with Crippen molar-refractivity contribution in [3.63, 3.8) is 0 Å². The maximum Gasteiger partial charge on any atom is 0.103 e. The minimum absolute atomic E-state index is 0.327. The van der Waals surface area contributed by atoms with Crippen LogP contribution in [0.3, 0.4) is 0 Å². The number of rotatable bonds is 4. The third kappa shape index (κ3) is 3.51. The molecule has 1 fully saturated rings. The standard InChI is InChI=1S/C14H19NO2S/c1-10-8-11(14(15)18)2-3-12(10)9-17-13-4-6-16-7-5-13/h2-3,8,13H,4-7,9H2,1H3,(H2,15,18). The maximum absolute atomic E-state index is 5.91. The van der Waals surface area contributed by atoms with Crippen LogP contribution < -0.4 is 5.73 Å². The summed E-state index contributed by atoms with van der Waals surface area (Å²) in [4.78, 5) is 0.440. The summed E-state index contributed by atoms with van der Waals surface area (Å²) in [7, 11) is 0. The number of ether oxygens (including phenoxy) is 2. The summed E-state index contributed by atoms with van der Waals surface area (Å²) in [6.45, 7) is 4.33. The summed E-state index contributed by atoms with van der Waals surface area (Å²) in [5.74, 6) is 0. The molecule has 2 N–H and O–H groups in total. The lowest BCUT2D eigenvalue weighted by molar-refractivity contribution is -0.0391. The molecule has 1 aromatic rings. The lowest BCUT2D eigenvalue weighted by Crippen LogP contribution is -2.23. The fourth-order valence-corrected chi connectivity index (χ4v) is 2.19. The minimum atomic E-state index is 0.327. The second-order valence-corrected chi connectivity index (χ2v) is 5.07. The van der Waals surface area contributed by atoms with E-state index in [1.54, 1.807) is 0 Å². The molecule has 0 saturated carbocycles. The number of aryl methyl sites for hydroxylation is 1. The number of benzene rings is 1. The second-order valence-electron chi connectivity index (χ2n) is 4.63. The van der Waals surface area contributed by atoms with Gasteiger partial charge in [-0.25, -0.2) is 0 Å². The topological polar surface area (TPSA) is 44.5 Å². The Morgan fingerprint density at radius 1 is 1.44 bits per heavy atom. The van der Waals surface area contributed by atoms with Crippen LogP contribution in [0.25, 0.3) is 0 Å². The van der Waals surface area contributed by atoms with Crippen molar-refractivity contribution in [2.24, 2.45) is 5.73 Å². The van der Waals surface area contributed by atoms with Crippen LogP contribution in [-0.4, -0.2) is 24.3 Å². The van der Waals surface area contributed by atoms with Gasteiger partial charge in [-0.15, -0.1) is 0 Å². The Hall–Kier alpha value is -0.970. The molecule has 0 amide bonds. The molecule has 1 aliphatic heterocycles. The van der Waals surface area contributed by atoms with E-state index in [4.69, 9.17) is 27.4 Å². The summed E-state index contributed by atoms with van der Waals surface area (Å²) in [5.41, 5.74) is 8.89. The predicted molar refractivity (Wildman–Crippen MR) is 75.7 cm³/mol. The molecule has 4 heteroatoms. The van der Waals surface area contributed by atoms with Crippen LogP contribution in [0.15, 0.2) is 18.2 Å². The normalized spacial score (nSPS) is 16.7. The molecule has 1 heterocycles. The van der Waals surface area contributed by atoms with E-state index >= 15 is 0 Å². The Balaban J connectivity index is 1.94. The number of nitrogens with two attached hydrogens (primary N) is 1. The molecular weight excluding hydrogens is 246 g/mol. The Bertz CT molecular complexity index is 428. The third-order valence-corrected chi connectivity index (χ3v) is 3.51. The van der Waals surface area contributed by atoms with E-state index in [2.05, 4.69) is 6.92 Å². The zero-order valence-corrected chi connectivity index (χ0v) is 11.5. The summed E-state index contributed by atoms with van der Waals surface area (Å²) in [6, 6.07) is 6.02. The van der Waals surface area contributed by atoms with Gasteiger partial charge in [-0.1, -0.05) is 24.4 Å². The van der Waals surface area contributed by atoms with Crippen LogP contribution in [-0.2, 0) is 16.1 Å². The van der Waals surface area contributed by atoms with E-state index in [1.807, 2.05) is 18.2 Å². The average Bonchev–Trinajstić information content (AvgIpc) is 2.38. The Kier molecular flexibility index (Phi) is 4.69. The van der Waals surface area contributed by atoms with Gasteiger partial charge in [0.15, 0.2) is 0 Å². The van der Waals surface area contributed by atoms with Gasteiger partial charge in [0.2, 0.25) is 0 Å². The van der Waals surface area contributed by atoms with Crippen LogP contribution in [0.4, 0.5) is 0 Å². The highest BCUT2D eigenvalue weighted by molar-refractivity contribution is 7.80. The highest BCUT2D eigenvalue weighted by Crippen LogP contribution is 2.16. The van der Waals surface area contributed by atoms with E-state index in [0.717, 1.165) is 31.6 Å². The zero-order valence-electron chi connectivity index (χ0n) is 10.6. The Labute approximate surface area is 113 Å². The van der Waals surface area contributed by atoms with Gasteiger partial charge in [0, 0.05) is 18.8 Å². The van der Waals surface area contributed by atoms with Gasteiger partial charge in [0.1, 0.15) is 4.99 Å².